The highest BCUT2D eigenvalue weighted by Gasteiger charge is 2.10. The van der Waals surface area contributed by atoms with Gasteiger partial charge in [0, 0.05) is 22.8 Å². The lowest BCUT2D eigenvalue weighted by Gasteiger charge is -2.15. The van der Waals surface area contributed by atoms with E-state index in [1.165, 1.54) is 11.1 Å². The van der Waals surface area contributed by atoms with Crippen LogP contribution in [0.25, 0.3) is 0 Å². The van der Waals surface area contributed by atoms with Gasteiger partial charge in [-0.05, 0) is 43.2 Å². The van der Waals surface area contributed by atoms with Crippen LogP contribution in [0.3, 0.4) is 0 Å². The Kier molecular flexibility index (Phi) is 4.46. The van der Waals surface area contributed by atoms with Crippen molar-refractivity contribution in [2.24, 2.45) is 0 Å². The third kappa shape index (κ3) is 3.49. The lowest BCUT2D eigenvalue weighted by atomic mass is 10.1. The number of aliphatic hydroxyl groups is 1. The SMILES string of the molecule is Cc1ccc(NCC(O)c2ccccc2Cl)cc1C. The van der Waals surface area contributed by atoms with E-state index in [1.54, 1.807) is 6.07 Å². The van der Waals surface area contributed by atoms with E-state index in [-0.39, 0.29) is 0 Å². The summed E-state index contributed by atoms with van der Waals surface area (Å²) in [5.74, 6) is 0. The maximum atomic E-state index is 10.1. The smallest absolute Gasteiger partial charge is 0.0976 e. The highest BCUT2D eigenvalue weighted by Crippen LogP contribution is 2.23. The first-order valence-corrected chi connectivity index (χ1v) is 6.69. The molecular formula is C16H18ClNO. The predicted molar refractivity (Wildman–Crippen MR) is 80.8 cm³/mol. The number of aliphatic hydroxyl groups excluding tert-OH is 1. The van der Waals surface area contributed by atoms with Crippen molar-refractivity contribution in [2.45, 2.75) is 20.0 Å². The standard InChI is InChI=1S/C16H18ClNO/c1-11-7-8-13(9-12(11)2)18-10-16(19)14-5-3-4-6-15(14)17/h3-9,16,18-19H,10H2,1-2H3. The van der Waals surface area contributed by atoms with Crippen LogP contribution in [0.15, 0.2) is 42.5 Å². The molecule has 0 fully saturated rings. The molecule has 0 spiro atoms. The Balaban J connectivity index is 2.02. The van der Waals surface area contributed by atoms with Gasteiger partial charge < -0.3 is 10.4 Å². The molecule has 0 radical (unpaired) electrons. The molecule has 0 aliphatic rings. The molecule has 0 saturated carbocycles. The Hall–Kier alpha value is -1.51. The van der Waals surface area contributed by atoms with Crippen LogP contribution in [0, 0.1) is 13.8 Å². The van der Waals surface area contributed by atoms with Crippen molar-refractivity contribution in [3.8, 4) is 0 Å². The molecule has 0 aliphatic carbocycles. The summed E-state index contributed by atoms with van der Waals surface area (Å²) in [6, 6.07) is 13.5. The average molecular weight is 276 g/mol. The van der Waals surface area contributed by atoms with Crippen molar-refractivity contribution < 1.29 is 5.11 Å². The van der Waals surface area contributed by atoms with Gasteiger partial charge in [-0.3, -0.25) is 0 Å². The van der Waals surface area contributed by atoms with Crippen molar-refractivity contribution in [1.29, 1.82) is 0 Å². The minimum atomic E-state index is -0.615. The van der Waals surface area contributed by atoms with Crippen molar-refractivity contribution >= 4 is 17.3 Å². The summed E-state index contributed by atoms with van der Waals surface area (Å²) in [7, 11) is 0. The first-order chi connectivity index (χ1) is 9.08. The summed E-state index contributed by atoms with van der Waals surface area (Å²) in [5.41, 5.74) is 4.25. The topological polar surface area (TPSA) is 32.3 Å². The molecule has 0 heterocycles. The van der Waals surface area contributed by atoms with E-state index in [0.29, 0.717) is 11.6 Å². The fraction of sp³-hybridized carbons (Fsp3) is 0.250. The molecule has 100 valence electrons. The average Bonchev–Trinajstić information content (AvgIpc) is 2.40. The van der Waals surface area contributed by atoms with Gasteiger partial charge in [-0.1, -0.05) is 35.9 Å². The molecular weight excluding hydrogens is 258 g/mol. The molecule has 0 amide bonds. The van der Waals surface area contributed by atoms with Crippen LogP contribution in [-0.4, -0.2) is 11.7 Å². The van der Waals surface area contributed by atoms with E-state index < -0.39 is 6.10 Å². The zero-order valence-corrected chi connectivity index (χ0v) is 11.9. The van der Waals surface area contributed by atoms with Gasteiger partial charge in [-0.15, -0.1) is 0 Å². The Morgan fingerprint density at radius 2 is 1.84 bits per heavy atom. The number of aryl methyl sites for hydroxylation is 2. The molecule has 19 heavy (non-hydrogen) atoms. The van der Waals surface area contributed by atoms with E-state index >= 15 is 0 Å². The quantitative estimate of drug-likeness (QED) is 0.880. The van der Waals surface area contributed by atoms with Crippen LogP contribution in [-0.2, 0) is 0 Å². The Bertz CT molecular complexity index is 568. The van der Waals surface area contributed by atoms with Crippen molar-refractivity contribution in [2.75, 3.05) is 11.9 Å². The van der Waals surface area contributed by atoms with Crippen LogP contribution < -0.4 is 5.32 Å². The molecule has 2 nitrogen and oxygen atoms in total. The maximum absolute atomic E-state index is 10.1. The van der Waals surface area contributed by atoms with Gasteiger partial charge in [0.1, 0.15) is 0 Å². The highest BCUT2D eigenvalue weighted by atomic mass is 35.5. The second-order valence-corrected chi connectivity index (χ2v) is 5.12. The fourth-order valence-electron chi connectivity index (χ4n) is 1.92. The lowest BCUT2D eigenvalue weighted by Crippen LogP contribution is -2.12. The minimum Gasteiger partial charge on any atom is -0.387 e. The molecule has 2 rings (SSSR count). The van der Waals surface area contributed by atoms with Crippen LogP contribution >= 0.6 is 11.6 Å². The van der Waals surface area contributed by atoms with Crippen molar-refractivity contribution in [3.63, 3.8) is 0 Å². The third-order valence-electron chi connectivity index (χ3n) is 3.27. The monoisotopic (exact) mass is 275 g/mol. The van der Waals surface area contributed by atoms with Crippen molar-refractivity contribution in [1.82, 2.24) is 0 Å². The molecule has 1 atom stereocenters. The summed E-state index contributed by atoms with van der Waals surface area (Å²) in [5, 5.41) is 14.0. The minimum absolute atomic E-state index is 0.437. The van der Waals surface area contributed by atoms with E-state index in [9.17, 15) is 5.11 Å². The van der Waals surface area contributed by atoms with E-state index in [1.807, 2.05) is 24.3 Å². The highest BCUT2D eigenvalue weighted by molar-refractivity contribution is 6.31. The summed E-state index contributed by atoms with van der Waals surface area (Å²) < 4.78 is 0. The number of hydrogen-bond donors (Lipinski definition) is 2. The number of halogens is 1. The first-order valence-electron chi connectivity index (χ1n) is 6.31. The van der Waals surface area contributed by atoms with E-state index in [0.717, 1.165) is 11.3 Å². The number of rotatable bonds is 4. The number of hydrogen-bond acceptors (Lipinski definition) is 2. The zero-order chi connectivity index (χ0) is 13.8. The van der Waals surface area contributed by atoms with Gasteiger partial charge in [-0.2, -0.15) is 0 Å². The summed E-state index contributed by atoms with van der Waals surface area (Å²) >= 11 is 6.06. The molecule has 1 unspecified atom stereocenters. The Morgan fingerprint density at radius 3 is 2.53 bits per heavy atom. The number of benzene rings is 2. The molecule has 0 aromatic heterocycles. The predicted octanol–water partition coefficient (Wildman–Crippen LogP) is 4.10. The van der Waals surface area contributed by atoms with E-state index in [4.69, 9.17) is 11.6 Å². The summed E-state index contributed by atoms with van der Waals surface area (Å²) in [6.45, 7) is 4.59. The van der Waals surface area contributed by atoms with Crippen LogP contribution in [0.5, 0.6) is 0 Å². The Morgan fingerprint density at radius 1 is 1.11 bits per heavy atom. The summed E-state index contributed by atoms with van der Waals surface area (Å²) in [6.07, 6.45) is -0.615. The molecule has 2 aromatic carbocycles. The van der Waals surface area contributed by atoms with Gasteiger partial charge in [0.05, 0.1) is 6.10 Å². The lowest BCUT2D eigenvalue weighted by molar-refractivity contribution is 0.192. The van der Waals surface area contributed by atoms with Gasteiger partial charge in [-0.25, -0.2) is 0 Å². The normalized spacial score (nSPS) is 12.2. The summed E-state index contributed by atoms with van der Waals surface area (Å²) in [4.78, 5) is 0. The van der Waals surface area contributed by atoms with Gasteiger partial charge in [0.15, 0.2) is 0 Å². The van der Waals surface area contributed by atoms with Crippen LogP contribution in [0.1, 0.15) is 22.8 Å². The van der Waals surface area contributed by atoms with Crippen LogP contribution in [0.4, 0.5) is 5.69 Å². The van der Waals surface area contributed by atoms with Crippen LogP contribution in [0.2, 0.25) is 5.02 Å². The molecule has 0 saturated heterocycles. The molecule has 0 aliphatic heterocycles. The molecule has 2 N–H and O–H groups in total. The number of anilines is 1. The van der Waals surface area contributed by atoms with Crippen molar-refractivity contribution in [3.05, 3.63) is 64.2 Å². The van der Waals surface area contributed by atoms with E-state index in [2.05, 4.69) is 31.3 Å². The maximum Gasteiger partial charge on any atom is 0.0976 e. The second kappa shape index (κ2) is 6.09. The molecule has 3 heteroatoms. The van der Waals surface area contributed by atoms with Gasteiger partial charge in [0.2, 0.25) is 0 Å². The zero-order valence-electron chi connectivity index (χ0n) is 11.2. The van der Waals surface area contributed by atoms with Gasteiger partial charge in [0.25, 0.3) is 0 Å². The molecule has 0 bridgehead atoms. The largest absolute Gasteiger partial charge is 0.387 e. The Labute approximate surface area is 119 Å². The number of nitrogens with one attached hydrogen (secondary N) is 1. The fourth-order valence-corrected chi connectivity index (χ4v) is 2.18. The van der Waals surface area contributed by atoms with Gasteiger partial charge >= 0.3 is 0 Å². The third-order valence-corrected chi connectivity index (χ3v) is 3.61. The second-order valence-electron chi connectivity index (χ2n) is 4.72. The molecule has 2 aromatic rings. The first kappa shape index (κ1) is 13.9.